The number of benzene rings is 2. The topological polar surface area (TPSA) is 45.5 Å². The van der Waals surface area contributed by atoms with Crippen LogP contribution in [0.1, 0.15) is 26.7 Å². The van der Waals surface area contributed by atoms with Gasteiger partial charge < -0.3 is 14.6 Å². The fourth-order valence-electron chi connectivity index (χ4n) is 4.30. The van der Waals surface area contributed by atoms with Crippen LogP contribution in [-0.2, 0) is 11.3 Å². The zero-order valence-electron chi connectivity index (χ0n) is 16.1. The van der Waals surface area contributed by atoms with Crippen LogP contribution >= 0.6 is 0 Å². The minimum Gasteiger partial charge on any atom is -0.386 e. The van der Waals surface area contributed by atoms with Gasteiger partial charge in [0, 0.05) is 34.8 Å². The second-order valence-corrected chi connectivity index (χ2v) is 8.16. The first-order valence-corrected chi connectivity index (χ1v) is 9.64. The van der Waals surface area contributed by atoms with E-state index in [1.165, 1.54) is 24.3 Å². The molecule has 2 heterocycles. The van der Waals surface area contributed by atoms with Crippen molar-refractivity contribution in [3.05, 3.63) is 48.0 Å². The molecule has 148 valence electrons. The Morgan fingerprint density at radius 2 is 1.64 bits per heavy atom. The van der Waals surface area contributed by atoms with E-state index in [0.29, 0.717) is 29.7 Å². The van der Waals surface area contributed by atoms with Gasteiger partial charge >= 0.3 is 0 Å². The number of aliphatic hydroxyl groups is 1. The molecular weight excluding hydrogens is 362 g/mol. The lowest BCUT2D eigenvalue weighted by Gasteiger charge is -2.30. The molecule has 1 aliphatic rings. The number of likely N-dealkylation sites (tertiary alicyclic amines) is 1. The van der Waals surface area contributed by atoms with Crippen molar-refractivity contribution in [1.82, 2.24) is 9.47 Å². The highest BCUT2D eigenvalue weighted by molar-refractivity contribution is 6.08. The summed E-state index contributed by atoms with van der Waals surface area (Å²) in [6, 6.07) is 8.78. The number of amides is 1. The summed E-state index contributed by atoms with van der Waals surface area (Å²) >= 11 is 0. The highest BCUT2D eigenvalue weighted by Crippen LogP contribution is 2.32. The van der Waals surface area contributed by atoms with Crippen molar-refractivity contribution in [2.75, 3.05) is 13.1 Å². The van der Waals surface area contributed by atoms with Crippen molar-refractivity contribution < 1.29 is 18.7 Å². The van der Waals surface area contributed by atoms with Gasteiger partial charge in [-0.05, 0) is 49.2 Å². The van der Waals surface area contributed by atoms with Crippen LogP contribution in [0.15, 0.2) is 36.4 Å². The van der Waals surface area contributed by atoms with Crippen LogP contribution in [-0.4, -0.2) is 39.2 Å². The third-order valence-electron chi connectivity index (χ3n) is 5.69. The van der Waals surface area contributed by atoms with Crippen molar-refractivity contribution in [3.63, 3.8) is 0 Å². The SMILES string of the molecule is CCC1CC(=O)N(CC(C)(O)Cn2c3ccc(F)cc3c3cc(F)ccc32)C1. The quantitative estimate of drug-likeness (QED) is 0.718. The van der Waals surface area contributed by atoms with E-state index in [4.69, 9.17) is 0 Å². The summed E-state index contributed by atoms with van der Waals surface area (Å²) in [6.07, 6.45) is 1.47. The molecule has 3 aromatic rings. The zero-order valence-corrected chi connectivity index (χ0v) is 16.1. The van der Waals surface area contributed by atoms with E-state index in [0.717, 1.165) is 17.5 Å². The predicted octanol–water partition coefficient (Wildman–Crippen LogP) is 4.08. The van der Waals surface area contributed by atoms with Crippen molar-refractivity contribution in [3.8, 4) is 0 Å². The fourth-order valence-corrected chi connectivity index (χ4v) is 4.30. The van der Waals surface area contributed by atoms with Gasteiger partial charge in [0.25, 0.3) is 0 Å². The predicted molar refractivity (Wildman–Crippen MR) is 105 cm³/mol. The largest absolute Gasteiger partial charge is 0.386 e. The summed E-state index contributed by atoms with van der Waals surface area (Å²) in [5.41, 5.74) is 0.267. The smallest absolute Gasteiger partial charge is 0.223 e. The first kappa shape index (κ1) is 18.9. The molecule has 1 amide bonds. The Kier molecular flexibility index (Phi) is 4.62. The Bertz CT molecular complexity index is 998. The summed E-state index contributed by atoms with van der Waals surface area (Å²) in [7, 11) is 0. The van der Waals surface area contributed by atoms with E-state index < -0.39 is 17.2 Å². The molecule has 1 aliphatic heterocycles. The number of carbonyl (C=O) groups is 1. The van der Waals surface area contributed by atoms with Gasteiger partial charge in [0.1, 0.15) is 11.6 Å². The van der Waals surface area contributed by atoms with E-state index in [-0.39, 0.29) is 19.0 Å². The van der Waals surface area contributed by atoms with Gasteiger partial charge in [-0.2, -0.15) is 0 Å². The summed E-state index contributed by atoms with van der Waals surface area (Å²) < 4.78 is 29.5. The van der Waals surface area contributed by atoms with E-state index in [1.807, 2.05) is 4.57 Å². The van der Waals surface area contributed by atoms with Gasteiger partial charge in [0.2, 0.25) is 5.91 Å². The van der Waals surface area contributed by atoms with Crippen molar-refractivity contribution in [2.45, 2.75) is 38.8 Å². The lowest BCUT2D eigenvalue weighted by molar-refractivity contribution is -0.130. The molecule has 4 rings (SSSR count). The summed E-state index contributed by atoms with van der Waals surface area (Å²) in [4.78, 5) is 14.0. The standard InChI is InChI=1S/C22H24F2N2O2/c1-3-14-8-21(27)25(11-14)12-22(2,28)13-26-19-6-4-15(23)9-17(19)18-10-16(24)5-7-20(18)26/h4-7,9-10,14,28H,3,8,11-13H2,1-2H3. The summed E-state index contributed by atoms with van der Waals surface area (Å²) in [5, 5.41) is 12.3. The van der Waals surface area contributed by atoms with Crippen LogP contribution < -0.4 is 0 Å². The van der Waals surface area contributed by atoms with Crippen LogP contribution in [0.2, 0.25) is 0 Å². The molecule has 0 radical (unpaired) electrons. The highest BCUT2D eigenvalue weighted by Gasteiger charge is 2.34. The lowest BCUT2D eigenvalue weighted by Crippen LogP contribution is -2.44. The number of fused-ring (bicyclic) bond motifs is 3. The molecule has 6 heteroatoms. The zero-order chi connectivity index (χ0) is 20.1. The first-order valence-electron chi connectivity index (χ1n) is 9.64. The van der Waals surface area contributed by atoms with Crippen molar-refractivity contribution >= 4 is 27.7 Å². The summed E-state index contributed by atoms with van der Waals surface area (Å²) in [6.45, 7) is 4.87. The minimum absolute atomic E-state index is 0.0680. The molecule has 2 atom stereocenters. The van der Waals surface area contributed by atoms with Gasteiger partial charge in [0.15, 0.2) is 0 Å². The van der Waals surface area contributed by atoms with Crippen LogP contribution in [0.3, 0.4) is 0 Å². The monoisotopic (exact) mass is 386 g/mol. The Morgan fingerprint density at radius 1 is 1.07 bits per heavy atom. The molecule has 0 aliphatic carbocycles. The lowest BCUT2D eigenvalue weighted by atomic mass is 10.1. The van der Waals surface area contributed by atoms with E-state index >= 15 is 0 Å². The van der Waals surface area contributed by atoms with Gasteiger partial charge in [-0.3, -0.25) is 4.79 Å². The maximum absolute atomic E-state index is 13.8. The maximum atomic E-state index is 13.8. The minimum atomic E-state index is -1.18. The fraction of sp³-hybridized carbons (Fsp3) is 0.409. The van der Waals surface area contributed by atoms with Crippen LogP contribution in [0.25, 0.3) is 21.8 Å². The summed E-state index contributed by atoms with van der Waals surface area (Å²) in [5.74, 6) is -0.382. The number of aromatic nitrogens is 1. The number of β-amino-alcohol motifs (C(OH)–C–C–N with tert-alkyl or cyclic N) is 1. The number of halogens is 2. The molecule has 2 unspecified atom stereocenters. The molecule has 1 saturated heterocycles. The number of hydrogen-bond acceptors (Lipinski definition) is 2. The molecule has 2 aromatic carbocycles. The Morgan fingerprint density at radius 3 is 2.14 bits per heavy atom. The molecule has 4 nitrogen and oxygen atoms in total. The molecular formula is C22H24F2N2O2. The first-order chi connectivity index (χ1) is 13.3. The van der Waals surface area contributed by atoms with Gasteiger partial charge in [-0.25, -0.2) is 8.78 Å². The maximum Gasteiger partial charge on any atom is 0.223 e. The van der Waals surface area contributed by atoms with Gasteiger partial charge in [-0.1, -0.05) is 13.3 Å². The number of carbonyl (C=O) groups excluding carboxylic acids is 1. The molecule has 1 aromatic heterocycles. The number of nitrogens with zero attached hydrogens (tertiary/aromatic N) is 2. The molecule has 0 bridgehead atoms. The van der Waals surface area contributed by atoms with Gasteiger partial charge in [0.05, 0.1) is 18.7 Å². The average Bonchev–Trinajstić information content (AvgIpc) is 3.12. The van der Waals surface area contributed by atoms with Crippen LogP contribution in [0, 0.1) is 17.6 Å². The van der Waals surface area contributed by atoms with Gasteiger partial charge in [-0.15, -0.1) is 0 Å². The third kappa shape index (κ3) is 3.37. The Hall–Kier alpha value is -2.47. The molecule has 28 heavy (non-hydrogen) atoms. The third-order valence-corrected chi connectivity index (χ3v) is 5.69. The molecule has 0 spiro atoms. The normalized spacial score (nSPS) is 19.7. The van der Waals surface area contributed by atoms with E-state index in [1.54, 1.807) is 24.0 Å². The van der Waals surface area contributed by atoms with Crippen LogP contribution in [0.4, 0.5) is 8.78 Å². The second-order valence-electron chi connectivity index (χ2n) is 8.16. The molecule has 0 saturated carbocycles. The number of rotatable bonds is 5. The van der Waals surface area contributed by atoms with E-state index in [2.05, 4.69) is 6.92 Å². The molecule has 1 fully saturated rings. The van der Waals surface area contributed by atoms with E-state index in [9.17, 15) is 18.7 Å². The van der Waals surface area contributed by atoms with Crippen LogP contribution in [0.5, 0.6) is 0 Å². The van der Waals surface area contributed by atoms with Crippen molar-refractivity contribution in [1.29, 1.82) is 0 Å². The molecule has 1 N–H and O–H groups in total. The highest BCUT2D eigenvalue weighted by atomic mass is 19.1. The second kappa shape index (κ2) is 6.85. The Labute approximate surface area is 162 Å². The Balaban J connectivity index is 1.71. The number of hydrogen-bond donors (Lipinski definition) is 1. The van der Waals surface area contributed by atoms with Crippen molar-refractivity contribution in [2.24, 2.45) is 5.92 Å². The average molecular weight is 386 g/mol.